The zero-order valence-electron chi connectivity index (χ0n) is 11.4. The maximum absolute atomic E-state index is 12.9. The van der Waals surface area contributed by atoms with Crippen molar-refractivity contribution >= 4 is 23.0 Å². The molecule has 0 bridgehead atoms. The lowest BCUT2D eigenvalue weighted by Gasteiger charge is -2.13. The number of hydrogen-bond donors (Lipinski definition) is 0. The molecule has 0 atom stereocenters. The summed E-state index contributed by atoms with van der Waals surface area (Å²) in [5.74, 6) is -0.211. The molecule has 2 nitrogen and oxygen atoms in total. The van der Waals surface area contributed by atoms with Gasteiger partial charge in [0.2, 0.25) is 0 Å². The Morgan fingerprint density at radius 1 is 1.00 bits per heavy atom. The minimum atomic E-state index is -0.211. The summed E-state index contributed by atoms with van der Waals surface area (Å²) in [4.78, 5) is 1.96. The van der Waals surface area contributed by atoms with Crippen LogP contribution in [-0.4, -0.2) is 16.6 Å². The molecule has 0 aromatic heterocycles. The molecule has 1 aliphatic rings. The van der Waals surface area contributed by atoms with Gasteiger partial charge in [-0.3, -0.25) is 0 Å². The number of hydrogen-bond acceptors (Lipinski definition) is 1. The molecule has 0 fully saturated rings. The van der Waals surface area contributed by atoms with Crippen molar-refractivity contribution in [3.05, 3.63) is 77.7 Å². The van der Waals surface area contributed by atoms with Gasteiger partial charge in [0.05, 0.1) is 5.70 Å². The van der Waals surface area contributed by atoms with Crippen LogP contribution in [0, 0.1) is 5.82 Å². The molecule has 1 radical (unpaired) electrons. The summed E-state index contributed by atoms with van der Waals surface area (Å²) in [6.07, 6.45) is 2.77. The van der Waals surface area contributed by atoms with Crippen molar-refractivity contribution in [3.8, 4) is 0 Å². The van der Waals surface area contributed by atoms with Crippen molar-refractivity contribution in [1.82, 2.24) is 10.2 Å². The van der Waals surface area contributed by atoms with E-state index in [1.165, 1.54) is 12.1 Å². The molecule has 1 heterocycles. The molecule has 4 heteroatoms. The van der Waals surface area contributed by atoms with E-state index >= 15 is 0 Å². The van der Waals surface area contributed by atoms with Gasteiger partial charge in [0.25, 0.3) is 0 Å². The average molecular weight is 297 g/mol. The van der Waals surface area contributed by atoms with Crippen LogP contribution in [0.25, 0.3) is 5.70 Å². The van der Waals surface area contributed by atoms with Gasteiger partial charge in [0, 0.05) is 18.3 Å². The lowest BCUT2D eigenvalue weighted by atomic mass is 10.1. The first-order valence-electron chi connectivity index (χ1n) is 6.76. The first-order valence-corrected chi connectivity index (χ1v) is 7.17. The first-order chi connectivity index (χ1) is 10.2. The van der Waals surface area contributed by atoms with Crippen LogP contribution >= 0.6 is 12.2 Å². The summed E-state index contributed by atoms with van der Waals surface area (Å²) >= 11 is 5.30. The topological polar surface area (TPSA) is 17.3 Å². The van der Waals surface area contributed by atoms with Crippen molar-refractivity contribution < 1.29 is 4.39 Å². The van der Waals surface area contributed by atoms with E-state index in [0.29, 0.717) is 5.11 Å². The fourth-order valence-corrected chi connectivity index (χ4v) is 2.45. The number of rotatable bonds is 4. The Balaban J connectivity index is 1.67. The molecule has 0 saturated carbocycles. The van der Waals surface area contributed by atoms with Crippen molar-refractivity contribution in [2.24, 2.45) is 0 Å². The predicted octanol–water partition coefficient (Wildman–Crippen LogP) is 3.57. The monoisotopic (exact) mass is 297 g/mol. The Morgan fingerprint density at radius 3 is 2.43 bits per heavy atom. The SMILES string of the molecule is Fc1ccc(CCN2C=C(c3ccccc3)[N]C2=S)cc1. The number of halogens is 1. The lowest BCUT2D eigenvalue weighted by molar-refractivity contribution is 0.569. The highest BCUT2D eigenvalue weighted by atomic mass is 32.1. The second-order valence-electron chi connectivity index (χ2n) is 4.84. The van der Waals surface area contributed by atoms with Gasteiger partial charge in [-0.05, 0) is 36.3 Å². The minimum Gasteiger partial charge on any atom is -0.321 e. The fraction of sp³-hybridized carbons (Fsp3) is 0.118. The molecule has 2 aromatic carbocycles. The molecule has 105 valence electrons. The highest BCUT2D eigenvalue weighted by Gasteiger charge is 2.20. The smallest absolute Gasteiger partial charge is 0.200 e. The normalized spacial score (nSPS) is 14.0. The van der Waals surface area contributed by atoms with Crippen LogP contribution < -0.4 is 5.32 Å². The summed E-state index contributed by atoms with van der Waals surface area (Å²) in [6.45, 7) is 0.740. The van der Waals surface area contributed by atoms with E-state index in [0.717, 1.165) is 29.8 Å². The average Bonchev–Trinajstić information content (AvgIpc) is 2.89. The summed E-state index contributed by atoms with van der Waals surface area (Å²) in [7, 11) is 0. The molecule has 0 N–H and O–H groups in total. The van der Waals surface area contributed by atoms with Gasteiger partial charge in [0.15, 0.2) is 5.11 Å². The highest BCUT2D eigenvalue weighted by molar-refractivity contribution is 7.80. The van der Waals surface area contributed by atoms with Crippen molar-refractivity contribution in [1.29, 1.82) is 0 Å². The van der Waals surface area contributed by atoms with E-state index in [2.05, 4.69) is 5.32 Å². The van der Waals surface area contributed by atoms with E-state index in [1.54, 1.807) is 12.1 Å². The van der Waals surface area contributed by atoms with Gasteiger partial charge in [-0.2, -0.15) is 0 Å². The van der Waals surface area contributed by atoms with Crippen LogP contribution in [0.3, 0.4) is 0 Å². The third-order valence-electron chi connectivity index (χ3n) is 3.36. The summed E-state index contributed by atoms with van der Waals surface area (Å²) in [6, 6.07) is 16.5. The minimum absolute atomic E-state index is 0.211. The molecule has 0 unspecified atom stereocenters. The number of thiocarbonyl (C=S) groups is 1. The van der Waals surface area contributed by atoms with Gasteiger partial charge < -0.3 is 4.90 Å². The molecule has 1 aliphatic heterocycles. The third kappa shape index (κ3) is 3.28. The molecular formula is C17H14FN2S. The Bertz CT molecular complexity index is 665. The Labute approximate surface area is 128 Å². The van der Waals surface area contributed by atoms with E-state index in [-0.39, 0.29) is 5.82 Å². The molecule has 0 spiro atoms. The molecule has 0 aliphatic carbocycles. The van der Waals surface area contributed by atoms with Gasteiger partial charge in [0.1, 0.15) is 5.82 Å². The quantitative estimate of drug-likeness (QED) is 0.803. The molecule has 0 saturated heterocycles. The molecule has 2 aromatic rings. The van der Waals surface area contributed by atoms with E-state index in [9.17, 15) is 4.39 Å². The Morgan fingerprint density at radius 2 is 1.71 bits per heavy atom. The number of benzene rings is 2. The maximum Gasteiger partial charge on any atom is 0.200 e. The second-order valence-corrected chi connectivity index (χ2v) is 5.21. The van der Waals surface area contributed by atoms with Gasteiger partial charge in [-0.25, -0.2) is 9.71 Å². The zero-order chi connectivity index (χ0) is 14.7. The van der Waals surface area contributed by atoms with Gasteiger partial charge in [-0.15, -0.1) is 0 Å². The summed E-state index contributed by atoms with van der Waals surface area (Å²) < 4.78 is 12.9. The van der Waals surface area contributed by atoms with Gasteiger partial charge in [-0.1, -0.05) is 42.5 Å². The van der Waals surface area contributed by atoms with E-state index in [1.807, 2.05) is 41.4 Å². The molecular weight excluding hydrogens is 283 g/mol. The van der Waals surface area contributed by atoms with Crippen molar-refractivity contribution in [3.63, 3.8) is 0 Å². The summed E-state index contributed by atoms with van der Waals surface area (Å²) in [5, 5.41) is 5.00. The van der Waals surface area contributed by atoms with Crippen LogP contribution in [0.1, 0.15) is 11.1 Å². The molecule has 21 heavy (non-hydrogen) atoms. The number of nitrogens with zero attached hydrogens (tertiary/aromatic N) is 2. The Kier molecular flexibility index (Phi) is 3.97. The van der Waals surface area contributed by atoms with Crippen LogP contribution in [0.5, 0.6) is 0 Å². The van der Waals surface area contributed by atoms with E-state index in [4.69, 9.17) is 12.2 Å². The molecule has 0 amide bonds. The fourth-order valence-electron chi connectivity index (χ4n) is 2.21. The van der Waals surface area contributed by atoms with Crippen molar-refractivity contribution in [2.45, 2.75) is 6.42 Å². The first kappa shape index (κ1) is 13.8. The predicted molar refractivity (Wildman–Crippen MR) is 86.0 cm³/mol. The van der Waals surface area contributed by atoms with Crippen LogP contribution in [0.15, 0.2) is 60.8 Å². The van der Waals surface area contributed by atoms with Gasteiger partial charge >= 0.3 is 0 Å². The van der Waals surface area contributed by atoms with Crippen LogP contribution in [0.2, 0.25) is 0 Å². The lowest BCUT2D eigenvalue weighted by Crippen LogP contribution is -2.26. The largest absolute Gasteiger partial charge is 0.321 e. The van der Waals surface area contributed by atoms with E-state index < -0.39 is 0 Å². The second kappa shape index (κ2) is 6.06. The molecule has 3 rings (SSSR count). The third-order valence-corrected chi connectivity index (χ3v) is 3.69. The standard InChI is InChI=1S/C17H14FN2S/c18-15-8-6-13(7-9-15)10-11-20-12-16(19-17(20)21)14-4-2-1-3-5-14/h1-9,12H,10-11H2. The zero-order valence-corrected chi connectivity index (χ0v) is 12.2. The van der Waals surface area contributed by atoms with Crippen molar-refractivity contribution in [2.75, 3.05) is 6.54 Å². The van der Waals surface area contributed by atoms with Crippen LogP contribution in [0.4, 0.5) is 4.39 Å². The highest BCUT2D eigenvalue weighted by Crippen LogP contribution is 2.20. The van der Waals surface area contributed by atoms with Crippen LogP contribution in [-0.2, 0) is 6.42 Å². The Hall–Kier alpha value is -2.20. The summed E-state index contributed by atoms with van der Waals surface area (Å²) in [5.41, 5.74) is 3.03. The maximum atomic E-state index is 12.9.